The highest BCUT2D eigenvalue weighted by atomic mass is 28.4. The zero-order valence-electron chi connectivity index (χ0n) is 17.7. The third-order valence-corrected chi connectivity index (χ3v) is 12.3. The van der Waals surface area contributed by atoms with Gasteiger partial charge in [0.1, 0.15) is 0 Å². The van der Waals surface area contributed by atoms with Crippen LogP contribution in [-0.2, 0) is 22.5 Å². The molecule has 0 fully saturated rings. The Hall–Kier alpha value is -0.256. The molecule has 25 heavy (non-hydrogen) atoms. The average molecular weight is 394 g/mol. The Kier molecular flexibility index (Phi) is 10.7. The topological polar surface area (TPSA) is 57.2 Å². The Morgan fingerprint density at radius 1 is 1.00 bits per heavy atom. The zero-order chi connectivity index (χ0) is 19.7. The molecule has 0 saturated carbocycles. The van der Waals surface area contributed by atoms with Crippen LogP contribution in [0.25, 0.3) is 0 Å². The zero-order valence-corrected chi connectivity index (χ0v) is 19.7. The lowest BCUT2D eigenvalue weighted by Gasteiger charge is -2.35. The highest BCUT2D eigenvalue weighted by Gasteiger charge is 2.40. The second kappa shape index (κ2) is 10.8. The predicted molar refractivity (Wildman–Crippen MR) is 106 cm³/mol. The Morgan fingerprint density at radius 2 is 1.52 bits per heavy atom. The van der Waals surface area contributed by atoms with Crippen molar-refractivity contribution < 1.29 is 22.5 Å². The molecule has 0 spiro atoms. The Bertz CT molecular complexity index is 387. The third kappa shape index (κ3) is 8.31. The standard InChI is InChI=1S/C17H39NO5Si2/c1-10-18(13-11-15-25(20-5,21-6)22-7)14-12-16(19)23-24(8,9)17(2,3)4/h10-15H2,1-9H3. The van der Waals surface area contributed by atoms with E-state index in [4.69, 9.17) is 17.7 Å². The van der Waals surface area contributed by atoms with Crippen molar-refractivity contribution in [3.05, 3.63) is 0 Å². The van der Waals surface area contributed by atoms with Gasteiger partial charge in [0, 0.05) is 33.9 Å². The van der Waals surface area contributed by atoms with E-state index >= 15 is 0 Å². The molecule has 6 nitrogen and oxygen atoms in total. The number of hydrogen-bond acceptors (Lipinski definition) is 6. The summed E-state index contributed by atoms with van der Waals surface area (Å²) < 4.78 is 22.2. The molecular weight excluding hydrogens is 354 g/mol. The first-order valence-corrected chi connectivity index (χ1v) is 13.9. The van der Waals surface area contributed by atoms with E-state index in [1.165, 1.54) is 0 Å². The highest BCUT2D eigenvalue weighted by Crippen LogP contribution is 2.36. The van der Waals surface area contributed by atoms with Gasteiger partial charge in [-0.2, -0.15) is 0 Å². The van der Waals surface area contributed by atoms with Gasteiger partial charge in [-0.15, -0.1) is 0 Å². The van der Waals surface area contributed by atoms with Gasteiger partial charge in [0.2, 0.25) is 0 Å². The van der Waals surface area contributed by atoms with E-state index in [1.807, 2.05) is 0 Å². The van der Waals surface area contributed by atoms with Crippen LogP contribution < -0.4 is 0 Å². The fourth-order valence-electron chi connectivity index (χ4n) is 2.24. The number of hydrogen-bond donors (Lipinski definition) is 0. The Morgan fingerprint density at radius 3 is 1.92 bits per heavy atom. The van der Waals surface area contributed by atoms with Gasteiger partial charge < -0.3 is 22.6 Å². The minimum Gasteiger partial charge on any atom is -0.519 e. The smallest absolute Gasteiger partial charge is 0.500 e. The predicted octanol–water partition coefficient (Wildman–Crippen LogP) is 3.52. The van der Waals surface area contributed by atoms with Crippen LogP contribution in [0.1, 0.15) is 40.5 Å². The lowest BCUT2D eigenvalue weighted by atomic mass is 10.2. The molecule has 0 aromatic heterocycles. The summed E-state index contributed by atoms with van der Waals surface area (Å²) >= 11 is 0. The monoisotopic (exact) mass is 393 g/mol. The maximum absolute atomic E-state index is 12.2. The summed E-state index contributed by atoms with van der Waals surface area (Å²) in [6.45, 7) is 15.2. The number of nitrogens with zero attached hydrogens (tertiary/aromatic N) is 1. The molecule has 0 bridgehead atoms. The van der Waals surface area contributed by atoms with Gasteiger partial charge in [-0.05, 0) is 37.6 Å². The van der Waals surface area contributed by atoms with E-state index in [-0.39, 0.29) is 11.0 Å². The SMILES string of the molecule is CCN(CCC[Si](OC)(OC)OC)CCC(=O)O[Si](C)(C)C(C)(C)C. The van der Waals surface area contributed by atoms with Crippen molar-refractivity contribution in [2.45, 2.75) is 64.7 Å². The maximum atomic E-state index is 12.2. The van der Waals surface area contributed by atoms with Crippen LogP contribution in [0.2, 0.25) is 24.2 Å². The van der Waals surface area contributed by atoms with Gasteiger partial charge in [-0.1, -0.05) is 27.7 Å². The molecule has 0 aromatic rings. The largest absolute Gasteiger partial charge is 0.519 e. The van der Waals surface area contributed by atoms with E-state index in [2.05, 4.69) is 45.7 Å². The summed E-state index contributed by atoms with van der Waals surface area (Å²) in [7, 11) is 0.363. The molecule has 0 heterocycles. The first-order chi connectivity index (χ1) is 11.5. The van der Waals surface area contributed by atoms with Crippen LogP contribution in [-0.4, -0.2) is 69.0 Å². The first kappa shape index (κ1) is 24.7. The molecule has 0 amide bonds. The van der Waals surface area contributed by atoms with Gasteiger partial charge in [0.25, 0.3) is 14.3 Å². The number of carbonyl (C=O) groups excluding carboxylic acids is 1. The van der Waals surface area contributed by atoms with Crippen molar-refractivity contribution in [2.75, 3.05) is 41.0 Å². The van der Waals surface area contributed by atoms with Crippen molar-refractivity contribution >= 4 is 23.1 Å². The van der Waals surface area contributed by atoms with Crippen molar-refractivity contribution in [3.8, 4) is 0 Å². The van der Waals surface area contributed by atoms with Gasteiger partial charge in [-0.25, -0.2) is 0 Å². The van der Waals surface area contributed by atoms with Crippen molar-refractivity contribution in [3.63, 3.8) is 0 Å². The van der Waals surface area contributed by atoms with Crippen LogP contribution in [0.4, 0.5) is 0 Å². The summed E-state index contributed by atoms with van der Waals surface area (Å²) in [6.07, 6.45) is 1.34. The van der Waals surface area contributed by atoms with E-state index in [1.54, 1.807) is 21.3 Å². The van der Waals surface area contributed by atoms with Crippen LogP contribution in [0.15, 0.2) is 0 Å². The van der Waals surface area contributed by atoms with E-state index < -0.39 is 17.1 Å². The van der Waals surface area contributed by atoms with Crippen LogP contribution in [0.5, 0.6) is 0 Å². The normalized spacial score (nSPS) is 13.4. The molecule has 0 aliphatic carbocycles. The summed E-state index contributed by atoms with van der Waals surface area (Å²) in [5.41, 5.74) is 0. The fraction of sp³-hybridized carbons (Fsp3) is 0.941. The number of rotatable bonds is 12. The van der Waals surface area contributed by atoms with E-state index in [0.29, 0.717) is 13.0 Å². The van der Waals surface area contributed by atoms with Crippen LogP contribution >= 0.6 is 0 Å². The summed E-state index contributed by atoms with van der Waals surface area (Å²) in [6, 6.07) is 0.765. The Labute approximate surface area is 156 Å². The average Bonchev–Trinajstić information content (AvgIpc) is 2.53. The molecular formula is C17H39NO5Si2. The molecule has 0 radical (unpaired) electrons. The molecule has 0 aliphatic rings. The molecule has 150 valence electrons. The molecule has 0 atom stereocenters. The van der Waals surface area contributed by atoms with Crippen LogP contribution in [0, 0.1) is 0 Å². The lowest BCUT2D eigenvalue weighted by molar-refractivity contribution is -0.135. The van der Waals surface area contributed by atoms with Crippen molar-refractivity contribution in [1.29, 1.82) is 0 Å². The Balaban J connectivity index is 4.36. The molecule has 0 saturated heterocycles. The summed E-state index contributed by atoms with van der Waals surface area (Å²) in [5.74, 6) is -0.0839. The maximum Gasteiger partial charge on any atom is 0.500 e. The fourth-order valence-corrected chi connectivity index (χ4v) is 4.92. The van der Waals surface area contributed by atoms with Gasteiger partial charge >= 0.3 is 8.80 Å². The van der Waals surface area contributed by atoms with E-state index in [9.17, 15) is 4.79 Å². The second-order valence-electron chi connectivity index (χ2n) is 7.82. The molecule has 8 heteroatoms. The highest BCUT2D eigenvalue weighted by molar-refractivity contribution is 6.75. The van der Waals surface area contributed by atoms with E-state index in [0.717, 1.165) is 25.6 Å². The van der Waals surface area contributed by atoms with Crippen molar-refractivity contribution in [2.24, 2.45) is 0 Å². The first-order valence-electron chi connectivity index (χ1n) is 9.06. The second-order valence-corrected chi connectivity index (χ2v) is 15.6. The molecule has 0 N–H and O–H groups in total. The quantitative estimate of drug-likeness (QED) is 0.473. The van der Waals surface area contributed by atoms with Gasteiger partial charge in [0.15, 0.2) is 0 Å². The minimum absolute atomic E-state index is 0.0432. The van der Waals surface area contributed by atoms with Crippen LogP contribution in [0.3, 0.4) is 0 Å². The third-order valence-electron chi connectivity index (χ3n) is 5.14. The lowest BCUT2D eigenvalue weighted by Crippen LogP contribution is -2.44. The van der Waals surface area contributed by atoms with Gasteiger partial charge in [0.05, 0.1) is 6.42 Å². The molecule has 0 unspecified atom stereocenters. The summed E-state index contributed by atoms with van der Waals surface area (Å²) in [5, 5.41) is 0.0432. The molecule has 0 aliphatic heterocycles. The number of carbonyl (C=O) groups is 1. The molecule has 0 rings (SSSR count). The minimum atomic E-state index is -2.51. The van der Waals surface area contributed by atoms with Gasteiger partial charge in [-0.3, -0.25) is 4.79 Å². The molecule has 0 aromatic carbocycles. The summed E-state index contributed by atoms with van der Waals surface area (Å²) in [4.78, 5) is 14.5. The van der Waals surface area contributed by atoms with Crippen molar-refractivity contribution in [1.82, 2.24) is 4.90 Å².